The molecule has 1 N–H and O–H groups in total. The lowest BCUT2D eigenvalue weighted by molar-refractivity contribution is 0.161. The smallest absolute Gasteiger partial charge is 0.0331 e. The third-order valence-corrected chi connectivity index (χ3v) is 6.41. The molecule has 2 aliphatic rings. The highest BCUT2D eigenvalue weighted by atomic mass is 79.9. The minimum atomic E-state index is 0.416. The summed E-state index contributed by atoms with van der Waals surface area (Å²) in [7, 11) is 0. The fraction of sp³-hybridized carbons (Fsp3) is 0.733. The SMILES string of the molecule is CC1CCNC2(CCCC2)CN1Cc1cc(Br)cs1. The van der Waals surface area contributed by atoms with Gasteiger partial charge in [-0.15, -0.1) is 11.3 Å². The molecule has 3 rings (SSSR count). The predicted molar refractivity (Wildman–Crippen MR) is 85.7 cm³/mol. The largest absolute Gasteiger partial charge is 0.310 e. The fourth-order valence-corrected chi connectivity index (χ4v) is 5.04. The summed E-state index contributed by atoms with van der Waals surface area (Å²) in [6.45, 7) is 5.91. The Morgan fingerprint density at radius 1 is 1.47 bits per heavy atom. The van der Waals surface area contributed by atoms with Gasteiger partial charge in [0, 0.05) is 39.4 Å². The van der Waals surface area contributed by atoms with E-state index in [1.54, 1.807) is 0 Å². The standard InChI is InChI=1S/C15H23BrN2S/c1-12-4-7-17-15(5-2-3-6-15)11-18(12)9-14-8-13(16)10-19-14/h8,10,12,17H,2-7,9,11H2,1H3. The average Bonchev–Trinajstić information content (AvgIpc) is 2.95. The fourth-order valence-electron chi connectivity index (χ4n) is 3.56. The molecule has 0 aromatic carbocycles. The second kappa shape index (κ2) is 5.84. The Morgan fingerprint density at radius 2 is 2.26 bits per heavy atom. The van der Waals surface area contributed by atoms with E-state index in [-0.39, 0.29) is 0 Å². The lowest BCUT2D eigenvalue weighted by atomic mass is 9.97. The predicted octanol–water partition coefficient (Wildman–Crippen LogP) is 4.01. The van der Waals surface area contributed by atoms with Crippen molar-refractivity contribution in [1.29, 1.82) is 0 Å². The highest BCUT2D eigenvalue weighted by molar-refractivity contribution is 9.10. The Labute approximate surface area is 128 Å². The van der Waals surface area contributed by atoms with Crippen molar-refractivity contribution in [3.8, 4) is 0 Å². The van der Waals surface area contributed by atoms with Gasteiger partial charge >= 0.3 is 0 Å². The topological polar surface area (TPSA) is 15.3 Å². The number of halogens is 1. The van der Waals surface area contributed by atoms with Crippen molar-refractivity contribution in [3.05, 3.63) is 20.8 Å². The van der Waals surface area contributed by atoms with E-state index in [9.17, 15) is 0 Å². The van der Waals surface area contributed by atoms with Gasteiger partial charge < -0.3 is 5.32 Å². The molecule has 4 heteroatoms. The zero-order valence-corrected chi connectivity index (χ0v) is 14.0. The first-order chi connectivity index (χ1) is 9.17. The molecule has 0 bridgehead atoms. The lowest BCUT2D eigenvalue weighted by Gasteiger charge is -2.35. The summed E-state index contributed by atoms with van der Waals surface area (Å²) in [4.78, 5) is 4.18. The van der Waals surface area contributed by atoms with Crippen LogP contribution in [0, 0.1) is 0 Å². The van der Waals surface area contributed by atoms with Crippen LogP contribution in [0.2, 0.25) is 0 Å². The second-order valence-corrected chi connectivity index (χ2v) is 8.10. The van der Waals surface area contributed by atoms with E-state index in [4.69, 9.17) is 0 Å². The molecule has 0 amide bonds. The van der Waals surface area contributed by atoms with Gasteiger partial charge in [-0.05, 0) is 54.7 Å². The van der Waals surface area contributed by atoms with Gasteiger partial charge in [0.25, 0.3) is 0 Å². The lowest BCUT2D eigenvalue weighted by Crippen LogP contribution is -2.49. The summed E-state index contributed by atoms with van der Waals surface area (Å²) >= 11 is 5.44. The van der Waals surface area contributed by atoms with Crippen LogP contribution in [-0.4, -0.2) is 29.6 Å². The minimum absolute atomic E-state index is 0.416. The molecule has 2 heterocycles. The third-order valence-electron chi connectivity index (χ3n) is 4.73. The van der Waals surface area contributed by atoms with Gasteiger partial charge in [0.1, 0.15) is 0 Å². The van der Waals surface area contributed by atoms with Crippen LogP contribution in [0.4, 0.5) is 0 Å². The highest BCUT2D eigenvalue weighted by Crippen LogP contribution is 2.33. The number of thiophene rings is 1. The van der Waals surface area contributed by atoms with Crippen LogP contribution in [0.5, 0.6) is 0 Å². The van der Waals surface area contributed by atoms with Crippen molar-refractivity contribution in [3.63, 3.8) is 0 Å². The first-order valence-electron chi connectivity index (χ1n) is 7.39. The summed E-state index contributed by atoms with van der Waals surface area (Å²) in [6, 6.07) is 2.96. The summed E-state index contributed by atoms with van der Waals surface area (Å²) in [5.74, 6) is 0. The number of rotatable bonds is 2. The van der Waals surface area contributed by atoms with Crippen LogP contribution in [0.1, 0.15) is 43.9 Å². The van der Waals surface area contributed by atoms with Gasteiger partial charge in [-0.3, -0.25) is 4.90 Å². The Morgan fingerprint density at radius 3 is 2.95 bits per heavy atom. The van der Waals surface area contributed by atoms with E-state index in [1.165, 1.54) is 54.5 Å². The maximum absolute atomic E-state index is 3.86. The van der Waals surface area contributed by atoms with Crippen molar-refractivity contribution in [2.75, 3.05) is 13.1 Å². The molecule has 19 heavy (non-hydrogen) atoms. The molecule has 1 aromatic heterocycles. The number of nitrogens with one attached hydrogen (secondary N) is 1. The monoisotopic (exact) mass is 342 g/mol. The van der Waals surface area contributed by atoms with Crippen molar-refractivity contribution in [2.24, 2.45) is 0 Å². The van der Waals surface area contributed by atoms with Gasteiger partial charge in [-0.25, -0.2) is 0 Å². The van der Waals surface area contributed by atoms with E-state index in [0.717, 1.165) is 6.54 Å². The van der Waals surface area contributed by atoms with Gasteiger partial charge in [-0.2, -0.15) is 0 Å². The summed E-state index contributed by atoms with van der Waals surface area (Å²) in [5, 5.41) is 6.06. The Bertz CT molecular complexity index is 426. The Kier molecular flexibility index (Phi) is 4.32. The third kappa shape index (κ3) is 3.23. The molecular weight excluding hydrogens is 320 g/mol. The molecule has 2 nitrogen and oxygen atoms in total. The van der Waals surface area contributed by atoms with Crippen molar-refractivity contribution >= 4 is 27.3 Å². The maximum atomic E-state index is 3.86. The molecule has 1 unspecified atom stereocenters. The van der Waals surface area contributed by atoms with Crippen LogP contribution in [0.15, 0.2) is 15.9 Å². The molecule has 106 valence electrons. The van der Waals surface area contributed by atoms with Crippen molar-refractivity contribution < 1.29 is 0 Å². The van der Waals surface area contributed by atoms with Crippen molar-refractivity contribution in [1.82, 2.24) is 10.2 Å². The molecule has 1 saturated heterocycles. The minimum Gasteiger partial charge on any atom is -0.310 e. The molecular formula is C15H23BrN2S. The number of hydrogen-bond acceptors (Lipinski definition) is 3. The van der Waals surface area contributed by atoms with Crippen LogP contribution < -0.4 is 5.32 Å². The quantitative estimate of drug-likeness (QED) is 0.873. The molecule has 0 radical (unpaired) electrons. The zero-order valence-electron chi connectivity index (χ0n) is 11.6. The first kappa shape index (κ1) is 14.1. The molecule has 1 aliphatic carbocycles. The van der Waals surface area contributed by atoms with E-state index in [2.05, 4.69) is 44.5 Å². The van der Waals surface area contributed by atoms with Crippen LogP contribution in [-0.2, 0) is 6.54 Å². The van der Waals surface area contributed by atoms with Crippen LogP contribution in [0.25, 0.3) is 0 Å². The molecule has 1 spiro atoms. The van der Waals surface area contributed by atoms with E-state index in [1.807, 2.05) is 11.3 Å². The van der Waals surface area contributed by atoms with Gasteiger partial charge in [0.05, 0.1) is 0 Å². The van der Waals surface area contributed by atoms with Crippen LogP contribution >= 0.6 is 27.3 Å². The van der Waals surface area contributed by atoms with Gasteiger partial charge in [0.2, 0.25) is 0 Å². The van der Waals surface area contributed by atoms with E-state index >= 15 is 0 Å². The van der Waals surface area contributed by atoms with Crippen molar-refractivity contribution in [2.45, 2.75) is 57.2 Å². The Balaban J connectivity index is 1.73. The van der Waals surface area contributed by atoms with Crippen LogP contribution in [0.3, 0.4) is 0 Å². The molecule has 1 saturated carbocycles. The average molecular weight is 343 g/mol. The van der Waals surface area contributed by atoms with E-state index in [0.29, 0.717) is 11.6 Å². The summed E-state index contributed by atoms with van der Waals surface area (Å²) in [6.07, 6.45) is 6.81. The normalized spacial score (nSPS) is 27.8. The molecule has 2 fully saturated rings. The van der Waals surface area contributed by atoms with E-state index < -0.39 is 0 Å². The summed E-state index contributed by atoms with van der Waals surface area (Å²) < 4.78 is 1.23. The maximum Gasteiger partial charge on any atom is 0.0331 e. The molecule has 1 atom stereocenters. The number of hydrogen-bond donors (Lipinski definition) is 1. The van der Waals surface area contributed by atoms with Gasteiger partial charge in [-0.1, -0.05) is 12.8 Å². The number of nitrogens with zero attached hydrogens (tertiary/aromatic N) is 1. The highest BCUT2D eigenvalue weighted by Gasteiger charge is 2.38. The first-order valence-corrected chi connectivity index (χ1v) is 9.06. The molecule has 1 aliphatic heterocycles. The van der Waals surface area contributed by atoms with Gasteiger partial charge in [0.15, 0.2) is 0 Å². The summed E-state index contributed by atoms with van der Waals surface area (Å²) in [5.41, 5.74) is 0.416. The second-order valence-electron chi connectivity index (χ2n) is 6.19. The Hall–Kier alpha value is 0.1000. The zero-order chi connectivity index (χ0) is 13.3. The molecule has 1 aromatic rings.